The fourth-order valence-electron chi connectivity index (χ4n) is 2.46. The summed E-state index contributed by atoms with van der Waals surface area (Å²) in [5.74, 6) is 1.56. The lowest BCUT2D eigenvalue weighted by Crippen LogP contribution is -2.30. The maximum atomic E-state index is 11.9. The van der Waals surface area contributed by atoms with E-state index in [4.69, 9.17) is 0 Å². The van der Waals surface area contributed by atoms with Gasteiger partial charge in [0.2, 0.25) is 0 Å². The molecule has 1 N–H and O–H groups in total. The molecule has 19 heavy (non-hydrogen) atoms. The molecule has 106 valence electrons. The van der Waals surface area contributed by atoms with Gasteiger partial charge in [-0.3, -0.25) is 4.21 Å². The van der Waals surface area contributed by atoms with Crippen molar-refractivity contribution in [1.29, 1.82) is 0 Å². The highest BCUT2D eigenvalue weighted by Crippen LogP contribution is 2.25. The second kappa shape index (κ2) is 5.76. The molecule has 0 saturated carbocycles. The van der Waals surface area contributed by atoms with E-state index in [0.717, 1.165) is 17.9 Å². The fraction of sp³-hybridized carbons (Fsp3) is 0.625. The van der Waals surface area contributed by atoms with Crippen LogP contribution in [0.5, 0.6) is 0 Å². The minimum absolute atomic E-state index is 0.186. The van der Waals surface area contributed by atoms with Gasteiger partial charge in [0.1, 0.15) is 0 Å². The highest BCUT2D eigenvalue weighted by molar-refractivity contribution is 7.85. The zero-order valence-corrected chi connectivity index (χ0v) is 13.2. The molecule has 0 bridgehead atoms. The third-order valence-corrected chi connectivity index (χ3v) is 5.19. The van der Waals surface area contributed by atoms with E-state index in [9.17, 15) is 4.21 Å². The predicted molar refractivity (Wildman–Crippen MR) is 83.0 cm³/mol. The van der Waals surface area contributed by atoms with Gasteiger partial charge in [-0.25, -0.2) is 0 Å². The Bertz CT molecular complexity index is 447. The first-order valence-electron chi connectivity index (χ1n) is 7.08. The zero-order valence-electron chi connectivity index (χ0n) is 12.4. The van der Waals surface area contributed by atoms with Gasteiger partial charge < -0.3 is 5.32 Å². The van der Waals surface area contributed by atoms with Gasteiger partial charge in [0.15, 0.2) is 0 Å². The summed E-state index contributed by atoms with van der Waals surface area (Å²) in [5, 5.41) is 3.59. The van der Waals surface area contributed by atoms with Gasteiger partial charge in [-0.1, -0.05) is 45.0 Å². The van der Waals surface area contributed by atoms with E-state index in [1.165, 1.54) is 11.1 Å². The van der Waals surface area contributed by atoms with Gasteiger partial charge in [-0.2, -0.15) is 0 Å². The van der Waals surface area contributed by atoms with E-state index in [0.29, 0.717) is 6.04 Å². The summed E-state index contributed by atoms with van der Waals surface area (Å²) in [6, 6.07) is 9.46. The first kappa shape index (κ1) is 14.7. The molecule has 0 aliphatic carbocycles. The summed E-state index contributed by atoms with van der Waals surface area (Å²) in [4.78, 5) is 0. The Morgan fingerprint density at radius 1 is 1.21 bits per heavy atom. The molecule has 0 aromatic heterocycles. The number of hydrogen-bond donors (Lipinski definition) is 1. The maximum absolute atomic E-state index is 11.9. The standard InChI is InChI=1S/C16H25NOS/c1-12-9-10-19(18)11-15(17-12)13-5-7-14(8-6-13)16(2,3)4/h5-8,12,15,17H,9-11H2,1-4H3. The van der Waals surface area contributed by atoms with Gasteiger partial charge in [-0.15, -0.1) is 0 Å². The van der Waals surface area contributed by atoms with Crippen molar-refractivity contribution in [2.75, 3.05) is 11.5 Å². The monoisotopic (exact) mass is 279 g/mol. The summed E-state index contributed by atoms with van der Waals surface area (Å²) in [5.41, 5.74) is 2.79. The first-order valence-corrected chi connectivity index (χ1v) is 8.56. The average molecular weight is 279 g/mol. The van der Waals surface area contributed by atoms with Gasteiger partial charge >= 0.3 is 0 Å². The molecule has 1 heterocycles. The zero-order chi connectivity index (χ0) is 14.0. The number of benzene rings is 1. The van der Waals surface area contributed by atoms with Crippen molar-refractivity contribution in [1.82, 2.24) is 5.32 Å². The summed E-state index contributed by atoms with van der Waals surface area (Å²) in [7, 11) is -0.694. The Labute approximate surface area is 119 Å². The van der Waals surface area contributed by atoms with E-state index in [1.54, 1.807) is 0 Å². The fourth-order valence-corrected chi connectivity index (χ4v) is 3.90. The first-order chi connectivity index (χ1) is 8.86. The second-order valence-electron chi connectivity index (χ2n) is 6.59. The molecule has 3 atom stereocenters. The largest absolute Gasteiger partial charge is 0.307 e. The van der Waals surface area contributed by atoms with Crippen LogP contribution < -0.4 is 5.32 Å². The van der Waals surface area contributed by atoms with Crippen LogP contribution >= 0.6 is 0 Å². The molecule has 1 aromatic rings. The molecular formula is C16H25NOS. The van der Waals surface area contributed by atoms with E-state index < -0.39 is 10.8 Å². The molecule has 3 heteroatoms. The van der Waals surface area contributed by atoms with Crippen molar-refractivity contribution in [3.63, 3.8) is 0 Å². The topological polar surface area (TPSA) is 29.1 Å². The molecule has 1 saturated heterocycles. The van der Waals surface area contributed by atoms with Crippen molar-refractivity contribution in [3.05, 3.63) is 35.4 Å². The Hall–Kier alpha value is -0.670. The van der Waals surface area contributed by atoms with Crippen LogP contribution in [0.25, 0.3) is 0 Å². The van der Waals surface area contributed by atoms with Crippen LogP contribution in [0.1, 0.15) is 51.3 Å². The Morgan fingerprint density at radius 3 is 2.42 bits per heavy atom. The van der Waals surface area contributed by atoms with Crippen molar-refractivity contribution in [3.8, 4) is 0 Å². The van der Waals surface area contributed by atoms with Gasteiger partial charge in [-0.05, 0) is 29.9 Å². The molecular weight excluding hydrogens is 254 g/mol. The lowest BCUT2D eigenvalue weighted by molar-refractivity contribution is 0.484. The van der Waals surface area contributed by atoms with Crippen molar-refractivity contribution < 1.29 is 4.21 Å². The van der Waals surface area contributed by atoms with E-state index in [1.807, 2.05) is 0 Å². The van der Waals surface area contributed by atoms with Crippen LogP contribution in [0, 0.1) is 0 Å². The normalized spacial score (nSPS) is 28.9. The third-order valence-electron chi connectivity index (χ3n) is 3.80. The lowest BCUT2D eigenvalue weighted by atomic mass is 9.86. The smallest absolute Gasteiger partial charge is 0.0438 e. The summed E-state index contributed by atoms with van der Waals surface area (Å²) in [6.07, 6.45) is 1.00. The van der Waals surface area contributed by atoms with E-state index in [2.05, 4.69) is 57.3 Å². The molecule has 1 aliphatic heterocycles. The van der Waals surface area contributed by atoms with Crippen LogP contribution in [0.15, 0.2) is 24.3 Å². The molecule has 0 spiro atoms. The quantitative estimate of drug-likeness (QED) is 0.855. The summed E-state index contributed by atoms with van der Waals surface area (Å²) in [6.45, 7) is 8.86. The lowest BCUT2D eigenvalue weighted by Gasteiger charge is -2.22. The Morgan fingerprint density at radius 2 is 1.84 bits per heavy atom. The molecule has 0 amide bonds. The van der Waals surface area contributed by atoms with E-state index >= 15 is 0 Å². The molecule has 2 rings (SSSR count). The Kier molecular flexibility index (Phi) is 4.46. The minimum atomic E-state index is -0.694. The van der Waals surface area contributed by atoms with Gasteiger partial charge in [0.05, 0.1) is 0 Å². The molecule has 0 radical (unpaired) electrons. The summed E-state index contributed by atoms with van der Waals surface area (Å²) >= 11 is 0. The van der Waals surface area contributed by atoms with Crippen molar-refractivity contribution >= 4 is 10.8 Å². The minimum Gasteiger partial charge on any atom is -0.307 e. The van der Waals surface area contributed by atoms with Crippen LogP contribution in [-0.2, 0) is 16.2 Å². The van der Waals surface area contributed by atoms with Crippen molar-refractivity contribution in [2.24, 2.45) is 0 Å². The van der Waals surface area contributed by atoms with Crippen LogP contribution in [0.2, 0.25) is 0 Å². The van der Waals surface area contributed by atoms with Gasteiger partial charge in [0, 0.05) is 34.4 Å². The van der Waals surface area contributed by atoms with Crippen LogP contribution in [0.3, 0.4) is 0 Å². The Balaban J connectivity index is 2.19. The third kappa shape index (κ3) is 3.90. The SMILES string of the molecule is CC1CCS(=O)CC(c2ccc(C(C)(C)C)cc2)N1. The highest BCUT2D eigenvalue weighted by Gasteiger charge is 2.22. The number of hydrogen-bond acceptors (Lipinski definition) is 2. The maximum Gasteiger partial charge on any atom is 0.0438 e. The van der Waals surface area contributed by atoms with Crippen molar-refractivity contribution in [2.45, 2.75) is 51.6 Å². The average Bonchev–Trinajstić information content (AvgIpc) is 2.50. The van der Waals surface area contributed by atoms with Gasteiger partial charge in [0.25, 0.3) is 0 Å². The summed E-state index contributed by atoms with van der Waals surface area (Å²) < 4.78 is 11.9. The molecule has 1 aromatic carbocycles. The molecule has 2 nitrogen and oxygen atoms in total. The second-order valence-corrected chi connectivity index (χ2v) is 8.21. The molecule has 1 aliphatic rings. The predicted octanol–water partition coefficient (Wildman–Crippen LogP) is 3.16. The number of nitrogens with one attached hydrogen (secondary N) is 1. The van der Waals surface area contributed by atoms with Crippen LogP contribution in [-0.4, -0.2) is 21.8 Å². The highest BCUT2D eigenvalue weighted by atomic mass is 32.2. The number of rotatable bonds is 1. The van der Waals surface area contributed by atoms with Crippen LogP contribution in [0.4, 0.5) is 0 Å². The van der Waals surface area contributed by atoms with E-state index in [-0.39, 0.29) is 11.5 Å². The molecule has 1 fully saturated rings. The molecule has 3 unspecified atom stereocenters.